The number of terminal acetylenes is 1. The van der Waals surface area contributed by atoms with Crippen molar-refractivity contribution in [3.8, 4) is 12.3 Å². The summed E-state index contributed by atoms with van der Waals surface area (Å²) in [6.45, 7) is 4.52. The smallest absolute Gasteiger partial charge is 0.00981 e. The highest BCUT2D eigenvalue weighted by atomic mass is 14.8. The number of rotatable bonds is 12. The van der Waals surface area contributed by atoms with Gasteiger partial charge in [-0.1, -0.05) is 51.9 Å². The van der Waals surface area contributed by atoms with Gasteiger partial charge in [0.05, 0.1) is 0 Å². The van der Waals surface area contributed by atoms with Crippen LogP contribution >= 0.6 is 0 Å². The lowest BCUT2D eigenvalue weighted by molar-refractivity contribution is 0.552. The molecule has 0 aromatic carbocycles. The number of unbranched alkanes of at least 4 members (excludes halogenated alkanes) is 8. The molecule has 0 aliphatic carbocycles. The summed E-state index contributed by atoms with van der Waals surface area (Å²) in [6, 6.07) is 0. The average Bonchev–Trinajstić information content (AvgIpc) is 2.31. The second-order valence-electron chi connectivity index (χ2n) is 4.53. The first-order valence-electron chi connectivity index (χ1n) is 7.06. The summed E-state index contributed by atoms with van der Waals surface area (Å²) in [5.41, 5.74) is 0. The van der Waals surface area contributed by atoms with E-state index in [4.69, 9.17) is 6.42 Å². The first-order chi connectivity index (χ1) is 7.91. The molecule has 1 heteroatoms. The van der Waals surface area contributed by atoms with Gasteiger partial charge in [0.25, 0.3) is 0 Å². The molecule has 0 aromatic heterocycles. The van der Waals surface area contributed by atoms with E-state index in [9.17, 15) is 0 Å². The zero-order valence-corrected chi connectivity index (χ0v) is 11.1. The molecule has 0 aromatic rings. The maximum absolute atomic E-state index is 5.18. The molecule has 16 heavy (non-hydrogen) atoms. The van der Waals surface area contributed by atoms with Crippen molar-refractivity contribution in [3.05, 3.63) is 0 Å². The molecule has 1 nitrogen and oxygen atoms in total. The van der Waals surface area contributed by atoms with Crippen LogP contribution in [0.3, 0.4) is 0 Å². The molecule has 0 heterocycles. The molecule has 0 spiro atoms. The Morgan fingerprint density at radius 2 is 1.38 bits per heavy atom. The molecule has 0 amide bonds. The fourth-order valence-electron chi connectivity index (χ4n) is 1.82. The average molecular weight is 223 g/mol. The van der Waals surface area contributed by atoms with Crippen LogP contribution in [0, 0.1) is 12.3 Å². The Morgan fingerprint density at radius 1 is 0.812 bits per heavy atom. The van der Waals surface area contributed by atoms with Gasteiger partial charge in [-0.05, 0) is 25.9 Å². The predicted molar refractivity (Wildman–Crippen MR) is 73.5 cm³/mol. The van der Waals surface area contributed by atoms with E-state index in [-0.39, 0.29) is 0 Å². The minimum atomic E-state index is 0.907. The number of nitrogens with one attached hydrogen (secondary N) is 1. The van der Waals surface area contributed by atoms with Gasteiger partial charge in [0.1, 0.15) is 0 Å². The van der Waals surface area contributed by atoms with Crippen LogP contribution in [0.15, 0.2) is 0 Å². The second kappa shape index (κ2) is 14.5. The van der Waals surface area contributed by atoms with Gasteiger partial charge in [0, 0.05) is 6.42 Å². The normalized spacial score (nSPS) is 10.2. The SMILES string of the molecule is C#CCCCNCCCCCCCCCC. The molecule has 0 aliphatic heterocycles. The first kappa shape index (κ1) is 15.5. The van der Waals surface area contributed by atoms with Crippen LogP contribution in [0.25, 0.3) is 0 Å². The Bertz CT molecular complexity index is 157. The Balaban J connectivity index is 2.86. The van der Waals surface area contributed by atoms with Gasteiger partial charge in [-0.25, -0.2) is 0 Å². The van der Waals surface area contributed by atoms with Gasteiger partial charge in [0.15, 0.2) is 0 Å². The molecule has 0 bridgehead atoms. The molecule has 1 N–H and O–H groups in total. The van der Waals surface area contributed by atoms with E-state index in [2.05, 4.69) is 18.2 Å². The van der Waals surface area contributed by atoms with Crippen LogP contribution in [0.2, 0.25) is 0 Å². The summed E-state index contributed by atoms with van der Waals surface area (Å²) >= 11 is 0. The molecule has 0 rings (SSSR count). The van der Waals surface area contributed by atoms with Crippen molar-refractivity contribution in [2.45, 2.75) is 71.1 Å². The van der Waals surface area contributed by atoms with E-state index in [1.165, 1.54) is 57.9 Å². The highest BCUT2D eigenvalue weighted by Gasteiger charge is 1.91. The third-order valence-electron chi connectivity index (χ3n) is 2.88. The van der Waals surface area contributed by atoms with Crippen LogP contribution in [-0.2, 0) is 0 Å². The molecule has 0 aliphatic rings. The molecule has 0 unspecified atom stereocenters. The van der Waals surface area contributed by atoms with Gasteiger partial charge in [-0.3, -0.25) is 0 Å². The van der Waals surface area contributed by atoms with Crippen LogP contribution in [0.1, 0.15) is 71.1 Å². The highest BCUT2D eigenvalue weighted by molar-refractivity contribution is 4.83. The topological polar surface area (TPSA) is 12.0 Å². The van der Waals surface area contributed by atoms with Gasteiger partial charge in [-0.2, -0.15) is 0 Å². The van der Waals surface area contributed by atoms with E-state index in [0.717, 1.165) is 19.4 Å². The maximum atomic E-state index is 5.18. The van der Waals surface area contributed by atoms with Crippen LogP contribution in [0.5, 0.6) is 0 Å². The summed E-state index contributed by atoms with van der Waals surface area (Å²) in [5, 5.41) is 3.44. The predicted octanol–water partition coefficient (Wildman–Crippen LogP) is 4.13. The van der Waals surface area contributed by atoms with Crippen LogP contribution in [0.4, 0.5) is 0 Å². The van der Waals surface area contributed by atoms with Gasteiger partial charge in [0.2, 0.25) is 0 Å². The van der Waals surface area contributed by atoms with E-state index in [1.54, 1.807) is 0 Å². The lowest BCUT2D eigenvalue weighted by Gasteiger charge is -2.03. The summed E-state index contributed by atoms with van der Waals surface area (Å²) in [7, 11) is 0. The monoisotopic (exact) mass is 223 g/mol. The second-order valence-corrected chi connectivity index (χ2v) is 4.53. The zero-order valence-electron chi connectivity index (χ0n) is 11.1. The Kier molecular flexibility index (Phi) is 14.1. The van der Waals surface area contributed by atoms with Gasteiger partial charge in [-0.15, -0.1) is 12.3 Å². The lowest BCUT2D eigenvalue weighted by Crippen LogP contribution is -2.16. The molecule has 0 saturated heterocycles. The van der Waals surface area contributed by atoms with E-state index in [0.29, 0.717) is 0 Å². The van der Waals surface area contributed by atoms with Crippen molar-refractivity contribution >= 4 is 0 Å². The molecular weight excluding hydrogens is 194 g/mol. The maximum Gasteiger partial charge on any atom is 0.00981 e. The standard InChI is InChI=1S/C15H29N/c1-3-5-7-8-9-10-11-13-15-16-14-12-6-4-2/h2,16H,3,5-15H2,1H3. The lowest BCUT2D eigenvalue weighted by atomic mass is 10.1. The first-order valence-corrected chi connectivity index (χ1v) is 7.06. The van der Waals surface area contributed by atoms with Crippen molar-refractivity contribution in [2.24, 2.45) is 0 Å². The van der Waals surface area contributed by atoms with E-state index < -0.39 is 0 Å². The van der Waals surface area contributed by atoms with Crippen molar-refractivity contribution in [2.75, 3.05) is 13.1 Å². The van der Waals surface area contributed by atoms with Crippen molar-refractivity contribution in [1.29, 1.82) is 0 Å². The van der Waals surface area contributed by atoms with Crippen molar-refractivity contribution < 1.29 is 0 Å². The third-order valence-corrected chi connectivity index (χ3v) is 2.88. The van der Waals surface area contributed by atoms with Crippen molar-refractivity contribution in [3.63, 3.8) is 0 Å². The number of hydrogen-bond acceptors (Lipinski definition) is 1. The summed E-state index contributed by atoms with van der Waals surface area (Å²) in [4.78, 5) is 0. The quantitative estimate of drug-likeness (QED) is 0.387. The Hall–Kier alpha value is -0.480. The Morgan fingerprint density at radius 3 is 2.00 bits per heavy atom. The van der Waals surface area contributed by atoms with E-state index in [1.807, 2.05) is 0 Å². The summed E-state index contributed by atoms with van der Waals surface area (Å²) in [5.74, 6) is 2.66. The highest BCUT2D eigenvalue weighted by Crippen LogP contribution is 2.07. The Labute approximate surface area is 102 Å². The summed E-state index contributed by atoms with van der Waals surface area (Å²) in [6.07, 6.45) is 18.4. The van der Waals surface area contributed by atoms with E-state index >= 15 is 0 Å². The van der Waals surface area contributed by atoms with Crippen LogP contribution in [-0.4, -0.2) is 13.1 Å². The minimum Gasteiger partial charge on any atom is -0.317 e. The molecule has 0 saturated carbocycles. The molecule has 0 radical (unpaired) electrons. The number of hydrogen-bond donors (Lipinski definition) is 1. The largest absolute Gasteiger partial charge is 0.317 e. The summed E-state index contributed by atoms with van der Waals surface area (Å²) < 4.78 is 0. The fraction of sp³-hybridized carbons (Fsp3) is 0.867. The van der Waals surface area contributed by atoms with Gasteiger partial charge < -0.3 is 5.32 Å². The third kappa shape index (κ3) is 13.5. The zero-order chi connectivity index (χ0) is 11.9. The van der Waals surface area contributed by atoms with Crippen molar-refractivity contribution in [1.82, 2.24) is 5.32 Å². The molecule has 0 atom stereocenters. The minimum absolute atomic E-state index is 0.907. The molecule has 0 fully saturated rings. The molecule has 94 valence electrons. The fourth-order valence-corrected chi connectivity index (χ4v) is 1.82. The molecular formula is C15H29N. The van der Waals surface area contributed by atoms with Crippen LogP contribution < -0.4 is 5.32 Å². The van der Waals surface area contributed by atoms with Gasteiger partial charge >= 0.3 is 0 Å².